The van der Waals surface area contributed by atoms with Crippen molar-refractivity contribution >= 4 is 9.84 Å². The fourth-order valence-corrected chi connectivity index (χ4v) is 1.95. The fraction of sp³-hybridized carbons (Fsp3) is 0. The van der Waals surface area contributed by atoms with Gasteiger partial charge in [0, 0.05) is 11.0 Å². The van der Waals surface area contributed by atoms with Crippen molar-refractivity contribution in [2.75, 3.05) is 0 Å². The number of hydrogen-bond acceptors (Lipinski definition) is 5. The van der Waals surface area contributed by atoms with Crippen LogP contribution in [0.1, 0.15) is 0 Å². The summed E-state index contributed by atoms with van der Waals surface area (Å²) >= 11 is 0. The predicted molar refractivity (Wildman–Crippen MR) is 61.5 cm³/mol. The highest BCUT2D eigenvalue weighted by molar-refractivity contribution is 7.94. The second-order valence-electron chi connectivity index (χ2n) is 3.15. The Morgan fingerprint density at radius 1 is 1.24 bits per heavy atom. The molecular formula is C11H8N3O2S. The van der Waals surface area contributed by atoms with Crippen LogP contribution in [0, 0.1) is 6.33 Å². The molecule has 0 atom stereocenters. The lowest BCUT2D eigenvalue weighted by atomic mass is 10.2. The number of hydrogen-bond donors (Lipinski definition) is 0. The van der Waals surface area contributed by atoms with E-state index < -0.39 is 9.84 Å². The van der Waals surface area contributed by atoms with Gasteiger partial charge in [-0.15, -0.1) is 0 Å². The molecule has 0 aliphatic carbocycles. The van der Waals surface area contributed by atoms with E-state index in [1.807, 2.05) is 0 Å². The van der Waals surface area contributed by atoms with Crippen molar-refractivity contribution in [3.63, 3.8) is 0 Å². The van der Waals surface area contributed by atoms with Gasteiger partial charge < -0.3 is 0 Å². The van der Waals surface area contributed by atoms with Gasteiger partial charge in [0.05, 0.1) is 4.90 Å². The summed E-state index contributed by atoms with van der Waals surface area (Å²) in [4.78, 5) is 11.6. The summed E-state index contributed by atoms with van der Waals surface area (Å²) < 4.78 is 23.0. The van der Waals surface area contributed by atoms with Gasteiger partial charge in [0.1, 0.15) is 6.33 Å². The third-order valence-corrected chi connectivity index (χ3v) is 3.48. The molecule has 17 heavy (non-hydrogen) atoms. The van der Waals surface area contributed by atoms with Crippen molar-refractivity contribution < 1.29 is 8.42 Å². The molecule has 0 fully saturated rings. The third-order valence-electron chi connectivity index (χ3n) is 2.11. The first kappa shape index (κ1) is 11.4. The highest BCUT2D eigenvalue weighted by Gasteiger charge is 2.09. The Kier molecular flexibility index (Phi) is 2.97. The minimum atomic E-state index is -3.39. The Balaban J connectivity index is 2.41. The molecule has 0 amide bonds. The maximum absolute atomic E-state index is 11.5. The summed E-state index contributed by atoms with van der Waals surface area (Å²) in [6.45, 7) is 3.26. The molecule has 0 aliphatic rings. The Bertz CT molecular complexity index is 622. The van der Waals surface area contributed by atoms with E-state index in [1.54, 1.807) is 12.1 Å². The average molecular weight is 246 g/mol. The SMILES string of the molecule is C=CS(=O)(=O)c1ccc(-c2n[c]ncn2)cc1. The molecule has 5 nitrogen and oxygen atoms in total. The van der Waals surface area contributed by atoms with E-state index >= 15 is 0 Å². The van der Waals surface area contributed by atoms with Crippen molar-refractivity contribution in [3.05, 3.63) is 48.9 Å². The minimum absolute atomic E-state index is 0.189. The summed E-state index contributed by atoms with van der Waals surface area (Å²) in [5.41, 5.74) is 0.701. The summed E-state index contributed by atoms with van der Waals surface area (Å²) in [7, 11) is -3.39. The zero-order valence-electron chi connectivity index (χ0n) is 8.74. The van der Waals surface area contributed by atoms with Crippen molar-refractivity contribution in [3.8, 4) is 11.4 Å². The molecule has 0 N–H and O–H groups in total. The molecule has 2 aromatic rings. The minimum Gasteiger partial charge on any atom is -0.219 e. The van der Waals surface area contributed by atoms with Gasteiger partial charge in [-0.2, -0.15) is 0 Å². The van der Waals surface area contributed by atoms with E-state index in [4.69, 9.17) is 0 Å². The van der Waals surface area contributed by atoms with Gasteiger partial charge in [-0.1, -0.05) is 6.58 Å². The largest absolute Gasteiger partial charge is 0.219 e. The second kappa shape index (κ2) is 4.42. The molecule has 2 rings (SSSR count). The number of benzene rings is 1. The van der Waals surface area contributed by atoms with Crippen LogP contribution in [0.5, 0.6) is 0 Å². The average Bonchev–Trinajstić information content (AvgIpc) is 2.40. The van der Waals surface area contributed by atoms with E-state index in [2.05, 4.69) is 27.9 Å². The standard InChI is InChI=1S/C11H8N3O2S/c1-2-17(15,16)10-5-3-9(4-6-10)11-13-7-12-8-14-11/h2-7H,1H2. The van der Waals surface area contributed by atoms with Crippen molar-refractivity contribution in [1.29, 1.82) is 0 Å². The molecule has 1 radical (unpaired) electrons. The van der Waals surface area contributed by atoms with Crippen LogP contribution in [0.3, 0.4) is 0 Å². The van der Waals surface area contributed by atoms with E-state index in [1.165, 1.54) is 18.5 Å². The van der Waals surface area contributed by atoms with Crippen LogP contribution >= 0.6 is 0 Å². The first-order valence-corrected chi connectivity index (χ1v) is 6.21. The van der Waals surface area contributed by atoms with Crippen LogP contribution in [0.15, 0.2) is 47.5 Å². The molecule has 6 heteroatoms. The smallest absolute Gasteiger partial charge is 0.201 e. The molecule has 85 valence electrons. The normalized spacial score (nSPS) is 11.1. The quantitative estimate of drug-likeness (QED) is 0.815. The van der Waals surface area contributed by atoms with E-state index in [9.17, 15) is 8.42 Å². The van der Waals surface area contributed by atoms with Gasteiger partial charge in [-0.05, 0) is 24.3 Å². The maximum Gasteiger partial charge on any atom is 0.201 e. The number of sulfone groups is 1. The first-order valence-electron chi connectivity index (χ1n) is 4.66. The van der Waals surface area contributed by atoms with Gasteiger partial charge in [0.15, 0.2) is 15.7 Å². The summed E-state index contributed by atoms with van der Waals surface area (Å²) in [5, 5.41) is 0.915. The Hall–Kier alpha value is -2.08. The molecule has 1 heterocycles. The van der Waals surface area contributed by atoms with E-state index in [-0.39, 0.29) is 4.90 Å². The zero-order valence-corrected chi connectivity index (χ0v) is 9.55. The van der Waals surface area contributed by atoms with Crippen LogP contribution in [-0.2, 0) is 9.84 Å². The lowest BCUT2D eigenvalue weighted by Gasteiger charge is -2.01. The highest BCUT2D eigenvalue weighted by Crippen LogP contribution is 2.18. The Labute approximate surface area is 98.8 Å². The van der Waals surface area contributed by atoms with Gasteiger partial charge in [0.25, 0.3) is 0 Å². The topological polar surface area (TPSA) is 72.8 Å². The van der Waals surface area contributed by atoms with Crippen LogP contribution in [0.2, 0.25) is 0 Å². The van der Waals surface area contributed by atoms with Crippen molar-refractivity contribution in [1.82, 2.24) is 15.0 Å². The fourth-order valence-electron chi connectivity index (χ4n) is 1.24. The number of rotatable bonds is 3. The maximum atomic E-state index is 11.5. The van der Waals surface area contributed by atoms with Gasteiger partial charge in [-0.25, -0.2) is 23.4 Å². The van der Waals surface area contributed by atoms with Gasteiger partial charge >= 0.3 is 0 Å². The molecule has 0 bridgehead atoms. The van der Waals surface area contributed by atoms with Gasteiger partial charge in [-0.3, -0.25) is 0 Å². The molecular weight excluding hydrogens is 238 g/mol. The second-order valence-corrected chi connectivity index (χ2v) is 5.04. The predicted octanol–water partition coefficient (Wildman–Crippen LogP) is 1.26. The van der Waals surface area contributed by atoms with E-state index in [0.717, 1.165) is 5.41 Å². The van der Waals surface area contributed by atoms with Crippen molar-refractivity contribution in [2.24, 2.45) is 0 Å². The van der Waals surface area contributed by atoms with E-state index in [0.29, 0.717) is 11.4 Å². The summed E-state index contributed by atoms with van der Waals surface area (Å²) in [6, 6.07) is 6.21. The molecule has 1 aromatic carbocycles. The summed E-state index contributed by atoms with van der Waals surface area (Å²) in [6.07, 6.45) is 3.75. The highest BCUT2D eigenvalue weighted by atomic mass is 32.2. The third kappa shape index (κ3) is 2.36. The molecule has 0 unspecified atom stereocenters. The van der Waals surface area contributed by atoms with Crippen molar-refractivity contribution in [2.45, 2.75) is 4.90 Å². The van der Waals surface area contributed by atoms with Crippen LogP contribution in [0.25, 0.3) is 11.4 Å². The first-order chi connectivity index (χ1) is 8.13. The molecule has 0 aliphatic heterocycles. The Morgan fingerprint density at radius 2 is 1.94 bits per heavy atom. The molecule has 1 aromatic heterocycles. The lowest BCUT2D eigenvalue weighted by molar-refractivity contribution is 0.604. The van der Waals surface area contributed by atoms with Gasteiger partial charge in [0.2, 0.25) is 6.33 Å². The van der Waals surface area contributed by atoms with Crippen LogP contribution in [0.4, 0.5) is 0 Å². The van der Waals surface area contributed by atoms with Crippen LogP contribution in [-0.4, -0.2) is 23.4 Å². The lowest BCUT2D eigenvalue weighted by Crippen LogP contribution is -1.96. The molecule has 0 saturated heterocycles. The molecule has 0 saturated carbocycles. The summed E-state index contributed by atoms with van der Waals surface area (Å²) in [5.74, 6) is 0.447. The zero-order chi connectivity index (χ0) is 12.3. The number of aromatic nitrogens is 3. The molecule has 0 spiro atoms. The van der Waals surface area contributed by atoms with Crippen LogP contribution < -0.4 is 0 Å². The Morgan fingerprint density at radius 3 is 2.47 bits per heavy atom. The monoisotopic (exact) mass is 246 g/mol. The number of nitrogens with zero attached hydrogens (tertiary/aromatic N) is 3.